The molecule has 0 aromatic rings. The van der Waals surface area contributed by atoms with E-state index >= 15 is 0 Å². The Kier molecular flexibility index (Phi) is 36.7. The van der Waals surface area contributed by atoms with Gasteiger partial charge < -0.3 is 21.1 Å². The lowest BCUT2D eigenvalue weighted by molar-refractivity contribution is -0.122. The minimum absolute atomic E-state index is 0.0605. The highest BCUT2D eigenvalue weighted by molar-refractivity contribution is 7.47. The molecule has 0 rings (SSSR count). The van der Waals surface area contributed by atoms with Gasteiger partial charge in [0.25, 0.3) is 0 Å². The van der Waals surface area contributed by atoms with Crippen molar-refractivity contribution in [2.45, 2.75) is 161 Å². The summed E-state index contributed by atoms with van der Waals surface area (Å²) in [5, 5.41) is 13.6. The van der Waals surface area contributed by atoms with E-state index < -0.39 is 20.0 Å². The Bertz CT molecular complexity index is 1080. The number of amides is 1. The molecule has 0 aromatic carbocycles. The molecular formula is C43H75N2O6P. The van der Waals surface area contributed by atoms with Gasteiger partial charge in [-0.05, 0) is 70.6 Å². The number of aliphatic hydroxyl groups excluding tert-OH is 1. The molecule has 0 saturated carbocycles. The predicted octanol–water partition coefficient (Wildman–Crippen LogP) is 11.0. The fourth-order valence-electron chi connectivity index (χ4n) is 5.18. The van der Waals surface area contributed by atoms with E-state index in [0.717, 1.165) is 57.8 Å². The van der Waals surface area contributed by atoms with Crippen molar-refractivity contribution in [3.63, 3.8) is 0 Å². The van der Waals surface area contributed by atoms with Gasteiger partial charge in [0, 0.05) is 13.0 Å². The summed E-state index contributed by atoms with van der Waals surface area (Å²) < 4.78 is 22.0. The fourth-order valence-corrected chi connectivity index (χ4v) is 5.94. The second kappa shape index (κ2) is 38.4. The Morgan fingerprint density at radius 1 is 0.654 bits per heavy atom. The molecule has 1 amide bonds. The van der Waals surface area contributed by atoms with Gasteiger partial charge >= 0.3 is 7.82 Å². The molecule has 0 aliphatic rings. The first-order valence-electron chi connectivity index (χ1n) is 20.2. The number of phosphoric acid groups is 1. The molecule has 0 aromatic heterocycles. The number of carbonyl (C=O) groups excluding carboxylic acids is 1. The van der Waals surface area contributed by atoms with Crippen molar-refractivity contribution in [3.8, 4) is 0 Å². The summed E-state index contributed by atoms with van der Waals surface area (Å²) in [7, 11) is -4.36. The molecule has 0 aliphatic heterocycles. The number of nitrogens with one attached hydrogen (secondary N) is 1. The van der Waals surface area contributed by atoms with Crippen LogP contribution in [0.5, 0.6) is 0 Å². The standard InChI is InChI=1S/C43H75N2O6P/c1-3-5-7-9-11-13-15-17-19-21-23-25-27-29-31-33-35-37-43(47)45-41(40-51-52(48,49)50-39-38-44)42(46)36-34-32-30-28-26-24-22-20-18-16-14-12-10-8-6-4-2/h5,7,11,13,17,19,23,25-26,28-29,31,34,36,41-42,46H,3-4,6,8-10,12,14-16,18,20-22,24,27,30,32-33,35,37-40,44H2,1-2H3,(H,45,47)(H,48,49)/b7-5-,13-11-,19-17-,25-23-,28-26+,31-29-,36-34+. The quantitative estimate of drug-likeness (QED) is 0.0285. The largest absolute Gasteiger partial charge is 0.472 e. The first-order chi connectivity index (χ1) is 25.4. The summed E-state index contributed by atoms with van der Waals surface area (Å²) in [6.45, 7) is 3.93. The van der Waals surface area contributed by atoms with Gasteiger partial charge in [0.2, 0.25) is 5.91 Å². The third kappa shape index (κ3) is 36.1. The number of aliphatic hydroxyl groups is 1. The average molecular weight is 747 g/mol. The number of nitrogens with two attached hydrogens (primary N) is 1. The van der Waals surface area contributed by atoms with Gasteiger partial charge in [-0.3, -0.25) is 13.8 Å². The Hall–Kier alpha value is -2.32. The lowest BCUT2D eigenvalue weighted by Gasteiger charge is -2.23. The van der Waals surface area contributed by atoms with E-state index in [2.05, 4.69) is 92.1 Å². The van der Waals surface area contributed by atoms with E-state index in [-0.39, 0.29) is 32.1 Å². The SMILES string of the molecule is CC/C=C\C/C=C\C/C=C\C/C=C\C/C=C\CCCC(=O)NC(COP(=O)(O)OCCN)C(O)/C=C/CC/C=C/CCCCCCCCCCCC. The zero-order valence-corrected chi connectivity index (χ0v) is 33.7. The van der Waals surface area contributed by atoms with Gasteiger partial charge in [-0.2, -0.15) is 0 Å². The normalized spacial score (nSPS) is 15.1. The molecule has 5 N–H and O–H groups in total. The molecule has 9 heteroatoms. The molecule has 0 saturated heterocycles. The second-order valence-electron chi connectivity index (χ2n) is 13.1. The first kappa shape index (κ1) is 49.7. The van der Waals surface area contributed by atoms with Crippen LogP contribution in [0.1, 0.15) is 149 Å². The molecule has 8 nitrogen and oxygen atoms in total. The molecule has 0 aliphatic carbocycles. The van der Waals surface area contributed by atoms with Crippen LogP contribution in [0.4, 0.5) is 0 Å². The number of rotatable bonds is 36. The molecule has 3 unspecified atom stereocenters. The van der Waals surface area contributed by atoms with Crippen molar-refractivity contribution < 1.29 is 28.4 Å². The molecule has 298 valence electrons. The summed E-state index contributed by atoms with van der Waals surface area (Å²) in [5.74, 6) is -0.265. The Balaban J connectivity index is 4.46. The highest BCUT2D eigenvalue weighted by atomic mass is 31.2. The summed E-state index contributed by atoms with van der Waals surface area (Å²) in [6.07, 6.45) is 50.7. The van der Waals surface area contributed by atoms with Gasteiger partial charge in [0.05, 0.1) is 25.4 Å². The maximum Gasteiger partial charge on any atom is 0.472 e. The van der Waals surface area contributed by atoms with Crippen LogP contribution in [0.3, 0.4) is 0 Å². The van der Waals surface area contributed by atoms with E-state index in [0.29, 0.717) is 6.42 Å². The fraction of sp³-hybridized carbons (Fsp3) is 0.651. The van der Waals surface area contributed by atoms with Crippen molar-refractivity contribution in [2.24, 2.45) is 5.73 Å². The Labute approximate surface area is 318 Å². The molecule has 0 spiro atoms. The molecule has 0 radical (unpaired) electrons. The molecule has 0 heterocycles. The molecule has 0 fully saturated rings. The molecule has 3 atom stereocenters. The zero-order chi connectivity index (χ0) is 38.2. The second-order valence-corrected chi connectivity index (χ2v) is 14.6. The summed E-state index contributed by atoms with van der Waals surface area (Å²) >= 11 is 0. The van der Waals surface area contributed by atoms with Crippen LogP contribution in [-0.2, 0) is 18.4 Å². The number of phosphoric ester groups is 1. The van der Waals surface area contributed by atoms with Crippen LogP contribution in [0.25, 0.3) is 0 Å². The van der Waals surface area contributed by atoms with Gasteiger partial charge in [-0.15, -0.1) is 0 Å². The van der Waals surface area contributed by atoms with Crippen LogP contribution in [-0.4, -0.2) is 47.8 Å². The minimum atomic E-state index is -4.36. The number of unbranched alkanes of at least 4 members (excludes halogenated alkanes) is 12. The van der Waals surface area contributed by atoms with Crippen molar-refractivity contribution in [1.82, 2.24) is 5.32 Å². The van der Waals surface area contributed by atoms with E-state index in [9.17, 15) is 19.4 Å². The monoisotopic (exact) mass is 747 g/mol. The maximum absolute atomic E-state index is 12.7. The van der Waals surface area contributed by atoms with Gasteiger partial charge in [0.15, 0.2) is 0 Å². The van der Waals surface area contributed by atoms with Crippen molar-refractivity contribution in [2.75, 3.05) is 19.8 Å². The third-order valence-corrected chi connectivity index (χ3v) is 9.19. The number of allylic oxidation sites excluding steroid dienone is 13. The van der Waals surface area contributed by atoms with Crippen LogP contribution >= 0.6 is 7.82 Å². The Morgan fingerprint density at radius 2 is 1.13 bits per heavy atom. The third-order valence-electron chi connectivity index (χ3n) is 8.20. The lowest BCUT2D eigenvalue weighted by atomic mass is 10.1. The van der Waals surface area contributed by atoms with Crippen LogP contribution in [0, 0.1) is 0 Å². The zero-order valence-electron chi connectivity index (χ0n) is 32.8. The van der Waals surface area contributed by atoms with E-state index in [1.54, 1.807) is 6.08 Å². The number of carbonyl (C=O) groups is 1. The topological polar surface area (TPSA) is 131 Å². The van der Waals surface area contributed by atoms with E-state index in [4.69, 9.17) is 14.8 Å². The highest BCUT2D eigenvalue weighted by Gasteiger charge is 2.26. The highest BCUT2D eigenvalue weighted by Crippen LogP contribution is 2.43. The first-order valence-corrected chi connectivity index (χ1v) is 21.7. The number of hydrogen-bond acceptors (Lipinski definition) is 6. The van der Waals surface area contributed by atoms with Gasteiger partial charge in [0.1, 0.15) is 0 Å². The van der Waals surface area contributed by atoms with Crippen molar-refractivity contribution in [3.05, 3.63) is 85.1 Å². The molecular weight excluding hydrogens is 671 g/mol. The summed E-state index contributed by atoms with van der Waals surface area (Å²) in [5.41, 5.74) is 5.36. The van der Waals surface area contributed by atoms with Gasteiger partial charge in [-0.25, -0.2) is 4.57 Å². The van der Waals surface area contributed by atoms with E-state index in [1.807, 2.05) is 6.08 Å². The summed E-state index contributed by atoms with van der Waals surface area (Å²) in [6, 6.07) is -0.911. The summed E-state index contributed by atoms with van der Waals surface area (Å²) in [4.78, 5) is 22.6. The lowest BCUT2D eigenvalue weighted by Crippen LogP contribution is -2.45. The predicted molar refractivity (Wildman–Crippen MR) is 221 cm³/mol. The van der Waals surface area contributed by atoms with Gasteiger partial charge in [-0.1, -0.05) is 157 Å². The average Bonchev–Trinajstić information content (AvgIpc) is 3.13. The smallest absolute Gasteiger partial charge is 0.387 e. The molecule has 52 heavy (non-hydrogen) atoms. The van der Waals surface area contributed by atoms with Crippen LogP contribution < -0.4 is 11.1 Å². The van der Waals surface area contributed by atoms with Crippen LogP contribution in [0.15, 0.2) is 85.1 Å². The van der Waals surface area contributed by atoms with E-state index in [1.165, 1.54) is 64.2 Å². The van der Waals surface area contributed by atoms with Crippen molar-refractivity contribution >= 4 is 13.7 Å². The van der Waals surface area contributed by atoms with Crippen molar-refractivity contribution in [1.29, 1.82) is 0 Å². The Morgan fingerprint density at radius 3 is 1.71 bits per heavy atom. The van der Waals surface area contributed by atoms with Crippen LogP contribution in [0.2, 0.25) is 0 Å². The molecule has 0 bridgehead atoms. The minimum Gasteiger partial charge on any atom is -0.387 e. The number of hydrogen-bond donors (Lipinski definition) is 4. The maximum atomic E-state index is 12.7.